The zero-order valence-electron chi connectivity index (χ0n) is 12.6. The zero-order valence-corrected chi connectivity index (χ0v) is 12.6. The standard InChI is InChI=1S/C17H27NO/c1-5-15-6-8-16(9-7-15)14(4)18-17-10-12(2)19-13(3)11-17/h6-9,12-14,17-18H,5,10-11H2,1-4H3. The number of rotatable bonds is 4. The van der Waals surface area contributed by atoms with Crippen molar-refractivity contribution in [3.8, 4) is 0 Å². The third-order valence-electron chi connectivity index (χ3n) is 4.07. The van der Waals surface area contributed by atoms with Gasteiger partial charge in [-0.2, -0.15) is 0 Å². The lowest BCUT2D eigenvalue weighted by atomic mass is 9.97. The predicted octanol–water partition coefficient (Wildman–Crippen LogP) is 3.86. The van der Waals surface area contributed by atoms with Gasteiger partial charge in [-0.15, -0.1) is 0 Å². The molecule has 0 radical (unpaired) electrons. The first-order valence-corrected chi connectivity index (χ1v) is 7.58. The van der Waals surface area contributed by atoms with Crippen molar-refractivity contribution in [3.63, 3.8) is 0 Å². The van der Waals surface area contributed by atoms with Crippen molar-refractivity contribution in [1.82, 2.24) is 5.32 Å². The minimum absolute atomic E-state index is 0.371. The second-order valence-electron chi connectivity index (χ2n) is 5.91. The average molecular weight is 261 g/mol. The van der Waals surface area contributed by atoms with Crippen LogP contribution in [0.5, 0.6) is 0 Å². The fourth-order valence-electron chi connectivity index (χ4n) is 3.03. The minimum Gasteiger partial charge on any atom is -0.375 e. The second kappa shape index (κ2) is 6.53. The van der Waals surface area contributed by atoms with E-state index in [2.05, 4.69) is 57.3 Å². The number of nitrogens with one attached hydrogen (secondary N) is 1. The summed E-state index contributed by atoms with van der Waals surface area (Å²) in [6.07, 6.45) is 4.08. The van der Waals surface area contributed by atoms with E-state index in [-0.39, 0.29) is 0 Å². The first-order valence-electron chi connectivity index (χ1n) is 7.58. The molecule has 1 aromatic carbocycles. The van der Waals surface area contributed by atoms with Crippen LogP contribution in [0.15, 0.2) is 24.3 Å². The number of aryl methyl sites for hydroxylation is 1. The molecule has 1 N–H and O–H groups in total. The van der Waals surface area contributed by atoms with Crippen LogP contribution in [0.2, 0.25) is 0 Å². The summed E-state index contributed by atoms with van der Waals surface area (Å²) in [5.74, 6) is 0. The number of hydrogen-bond donors (Lipinski definition) is 1. The highest BCUT2D eigenvalue weighted by atomic mass is 16.5. The molecule has 3 atom stereocenters. The van der Waals surface area contributed by atoms with Crippen molar-refractivity contribution in [1.29, 1.82) is 0 Å². The van der Waals surface area contributed by atoms with E-state index in [4.69, 9.17) is 4.74 Å². The molecule has 2 rings (SSSR count). The van der Waals surface area contributed by atoms with Crippen molar-refractivity contribution in [3.05, 3.63) is 35.4 Å². The van der Waals surface area contributed by atoms with Crippen molar-refractivity contribution >= 4 is 0 Å². The second-order valence-corrected chi connectivity index (χ2v) is 5.91. The maximum absolute atomic E-state index is 5.79. The molecule has 2 nitrogen and oxygen atoms in total. The van der Waals surface area contributed by atoms with Crippen LogP contribution in [0.4, 0.5) is 0 Å². The minimum atomic E-state index is 0.371. The summed E-state index contributed by atoms with van der Waals surface area (Å²) in [6.45, 7) is 8.79. The first-order chi connectivity index (χ1) is 9.08. The summed E-state index contributed by atoms with van der Waals surface area (Å²) >= 11 is 0. The Labute approximate surface area is 117 Å². The Morgan fingerprint density at radius 1 is 1.16 bits per heavy atom. The smallest absolute Gasteiger partial charge is 0.0565 e. The largest absolute Gasteiger partial charge is 0.375 e. The highest BCUT2D eigenvalue weighted by Crippen LogP contribution is 2.22. The van der Waals surface area contributed by atoms with Gasteiger partial charge in [0.15, 0.2) is 0 Å². The van der Waals surface area contributed by atoms with Gasteiger partial charge in [0.05, 0.1) is 12.2 Å². The SMILES string of the molecule is CCc1ccc(C(C)NC2CC(C)OC(C)C2)cc1. The van der Waals surface area contributed by atoms with Gasteiger partial charge in [-0.1, -0.05) is 31.2 Å². The van der Waals surface area contributed by atoms with Gasteiger partial charge >= 0.3 is 0 Å². The van der Waals surface area contributed by atoms with Crippen LogP contribution >= 0.6 is 0 Å². The molecule has 1 aromatic rings. The molecule has 3 unspecified atom stereocenters. The van der Waals surface area contributed by atoms with Crippen molar-refractivity contribution < 1.29 is 4.74 Å². The lowest BCUT2D eigenvalue weighted by Gasteiger charge is -2.34. The molecule has 0 saturated carbocycles. The molecule has 1 fully saturated rings. The summed E-state index contributed by atoms with van der Waals surface area (Å²) in [6, 6.07) is 9.96. The normalized spacial score (nSPS) is 29.2. The van der Waals surface area contributed by atoms with Gasteiger partial charge in [0.25, 0.3) is 0 Å². The molecule has 0 bridgehead atoms. The Balaban J connectivity index is 1.93. The van der Waals surface area contributed by atoms with Crippen molar-refractivity contribution in [2.24, 2.45) is 0 Å². The Morgan fingerprint density at radius 2 is 1.74 bits per heavy atom. The topological polar surface area (TPSA) is 21.3 Å². The summed E-state index contributed by atoms with van der Waals surface area (Å²) < 4.78 is 5.79. The molecule has 1 saturated heterocycles. The molecule has 1 aliphatic rings. The fourth-order valence-corrected chi connectivity index (χ4v) is 3.03. The lowest BCUT2D eigenvalue weighted by molar-refractivity contribution is -0.0433. The molecule has 1 heterocycles. The molecule has 0 amide bonds. The van der Waals surface area contributed by atoms with Crippen LogP contribution < -0.4 is 5.32 Å². The monoisotopic (exact) mass is 261 g/mol. The van der Waals surface area contributed by atoms with E-state index >= 15 is 0 Å². The number of ether oxygens (including phenoxy) is 1. The third kappa shape index (κ3) is 4.05. The highest BCUT2D eigenvalue weighted by molar-refractivity contribution is 5.24. The Kier molecular flexibility index (Phi) is 5.00. The molecule has 1 aliphatic heterocycles. The van der Waals surface area contributed by atoms with E-state index in [0.717, 1.165) is 19.3 Å². The molecule has 0 spiro atoms. The number of hydrogen-bond acceptors (Lipinski definition) is 2. The predicted molar refractivity (Wildman–Crippen MR) is 80.4 cm³/mol. The van der Waals surface area contributed by atoms with Gasteiger partial charge < -0.3 is 10.1 Å². The molecular formula is C17H27NO. The van der Waals surface area contributed by atoms with E-state index in [1.54, 1.807) is 0 Å². The van der Waals surface area contributed by atoms with Crippen LogP contribution in [0.25, 0.3) is 0 Å². The fraction of sp³-hybridized carbons (Fsp3) is 0.647. The molecule has 2 heteroatoms. The molecule has 0 aliphatic carbocycles. The summed E-state index contributed by atoms with van der Waals surface area (Å²) in [5, 5.41) is 3.75. The van der Waals surface area contributed by atoms with Crippen LogP contribution in [0, 0.1) is 0 Å². The van der Waals surface area contributed by atoms with E-state index in [1.165, 1.54) is 11.1 Å². The van der Waals surface area contributed by atoms with Crippen LogP contribution in [0.1, 0.15) is 57.7 Å². The Hall–Kier alpha value is -0.860. The van der Waals surface area contributed by atoms with E-state index in [0.29, 0.717) is 24.3 Å². The maximum atomic E-state index is 5.79. The van der Waals surface area contributed by atoms with Gasteiger partial charge in [0.1, 0.15) is 0 Å². The highest BCUT2D eigenvalue weighted by Gasteiger charge is 2.25. The average Bonchev–Trinajstić information content (AvgIpc) is 2.37. The van der Waals surface area contributed by atoms with E-state index in [1.807, 2.05) is 0 Å². The zero-order chi connectivity index (χ0) is 13.8. The first kappa shape index (κ1) is 14.5. The summed E-state index contributed by atoms with van der Waals surface area (Å²) in [5.41, 5.74) is 2.79. The number of benzene rings is 1. The molecule has 106 valence electrons. The molecule has 19 heavy (non-hydrogen) atoms. The van der Waals surface area contributed by atoms with Gasteiger partial charge in [-0.05, 0) is 51.2 Å². The van der Waals surface area contributed by atoms with E-state index < -0.39 is 0 Å². The Bertz CT molecular complexity index is 377. The van der Waals surface area contributed by atoms with Gasteiger partial charge in [-0.25, -0.2) is 0 Å². The van der Waals surface area contributed by atoms with Crippen LogP contribution in [-0.2, 0) is 11.2 Å². The van der Waals surface area contributed by atoms with Gasteiger partial charge in [0.2, 0.25) is 0 Å². The lowest BCUT2D eigenvalue weighted by Crippen LogP contribution is -2.42. The van der Waals surface area contributed by atoms with Gasteiger partial charge in [0, 0.05) is 12.1 Å². The summed E-state index contributed by atoms with van der Waals surface area (Å²) in [4.78, 5) is 0. The van der Waals surface area contributed by atoms with E-state index in [9.17, 15) is 0 Å². The third-order valence-corrected chi connectivity index (χ3v) is 4.07. The molecule has 0 aromatic heterocycles. The quantitative estimate of drug-likeness (QED) is 0.888. The summed E-state index contributed by atoms with van der Waals surface area (Å²) in [7, 11) is 0. The van der Waals surface area contributed by atoms with Crippen LogP contribution in [-0.4, -0.2) is 18.2 Å². The van der Waals surface area contributed by atoms with Crippen LogP contribution in [0.3, 0.4) is 0 Å². The van der Waals surface area contributed by atoms with Crippen molar-refractivity contribution in [2.45, 2.75) is 71.2 Å². The molecular weight excluding hydrogens is 234 g/mol. The van der Waals surface area contributed by atoms with Gasteiger partial charge in [-0.3, -0.25) is 0 Å². The maximum Gasteiger partial charge on any atom is 0.0565 e. The Morgan fingerprint density at radius 3 is 2.26 bits per heavy atom. The van der Waals surface area contributed by atoms with Crippen molar-refractivity contribution in [2.75, 3.05) is 0 Å².